The van der Waals surface area contributed by atoms with Crippen LogP contribution in [0.25, 0.3) is 10.6 Å². The Bertz CT molecular complexity index is 720. The highest BCUT2D eigenvalue weighted by Gasteiger charge is 2.21. The van der Waals surface area contributed by atoms with Gasteiger partial charge < -0.3 is 9.47 Å². The number of aromatic nitrogens is 1. The number of nitrogens with zero attached hydrogens (tertiary/aromatic N) is 1. The van der Waals surface area contributed by atoms with E-state index in [0.29, 0.717) is 24.1 Å². The van der Waals surface area contributed by atoms with Gasteiger partial charge >= 0.3 is 5.97 Å². The van der Waals surface area contributed by atoms with Gasteiger partial charge in [0.2, 0.25) is 0 Å². The number of esters is 1. The molecular formula is C19H21NO3S. The van der Waals surface area contributed by atoms with Crippen molar-refractivity contribution in [2.45, 2.75) is 19.8 Å². The highest BCUT2D eigenvalue weighted by atomic mass is 32.1. The number of carbonyl (C=O) groups is 1. The molecule has 0 bridgehead atoms. The van der Waals surface area contributed by atoms with Crippen LogP contribution in [0.4, 0.5) is 0 Å². The molecule has 2 unspecified atom stereocenters. The molecule has 0 saturated carbocycles. The molecule has 3 rings (SSSR count). The van der Waals surface area contributed by atoms with E-state index < -0.39 is 0 Å². The predicted octanol–water partition coefficient (Wildman–Crippen LogP) is 4.58. The fourth-order valence-corrected chi connectivity index (χ4v) is 3.52. The molecule has 0 N–H and O–H groups in total. The van der Waals surface area contributed by atoms with Crippen LogP contribution in [0, 0.1) is 11.8 Å². The van der Waals surface area contributed by atoms with Crippen LogP contribution >= 0.6 is 11.3 Å². The zero-order chi connectivity index (χ0) is 16.9. The summed E-state index contributed by atoms with van der Waals surface area (Å²) in [6.07, 6.45) is 6.40. The van der Waals surface area contributed by atoms with Gasteiger partial charge in [0, 0.05) is 10.9 Å². The van der Waals surface area contributed by atoms with Gasteiger partial charge in [-0.15, -0.1) is 11.3 Å². The average Bonchev–Trinajstić information content (AvgIpc) is 3.11. The molecular weight excluding hydrogens is 322 g/mol. The molecule has 4 nitrogen and oxygen atoms in total. The second-order valence-corrected chi connectivity index (χ2v) is 6.90. The Kier molecular flexibility index (Phi) is 5.30. The van der Waals surface area contributed by atoms with E-state index in [1.165, 1.54) is 11.3 Å². The molecule has 0 amide bonds. The molecule has 5 heteroatoms. The van der Waals surface area contributed by atoms with Gasteiger partial charge in [-0.25, -0.2) is 9.78 Å². The van der Waals surface area contributed by atoms with E-state index in [1.54, 1.807) is 12.5 Å². The zero-order valence-corrected chi connectivity index (χ0v) is 14.7. The smallest absolute Gasteiger partial charge is 0.357 e. The molecule has 0 radical (unpaired) electrons. The number of allylic oxidation sites excluding steroid dienone is 2. The van der Waals surface area contributed by atoms with Gasteiger partial charge in [0.25, 0.3) is 0 Å². The summed E-state index contributed by atoms with van der Waals surface area (Å²) in [6, 6.07) is 7.63. The predicted molar refractivity (Wildman–Crippen MR) is 95.4 cm³/mol. The van der Waals surface area contributed by atoms with Crippen molar-refractivity contribution < 1.29 is 14.3 Å². The third-order valence-electron chi connectivity index (χ3n) is 4.40. The van der Waals surface area contributed by atoms with E-state index in [-0.39, 0.29) is 5.97 Å². The van der Waals surface area contributed by atoms with Gasteiger partial charge in [-0.1, -0.05) is 19.1 Å². The number of carbonyl (C=O) groups excluding carboxylic acids is 1. The summed E-state index contributed by atoms with van der Waals surface area (Å²) in [5.74, 6) is 1.41. The summed E-state index contributed by atoms with van der Waals surface area (Å²) in [4.78, 5) is 16.6. The Morgan fingerprint density at radius 3 is 2.71 bits per heavy atom. The normalized spacial score (nSPS) is 19.9. The molecule has 24 heavy (non-hydrogen) atoms. The van der Waals surface area contributed by atoms with Crippen LogP contribution in [0.3, 0.4) is 0 Å². The summed E-state index contributed by atoms with van der Waals surface area (Å²) in [5, 5.41) is 2.56. The van der Waals surface area contributed by atoms with Crippen molar-refractivity contribution >= 4 is 17.3 Å². The number of ether oxygens (including phenoxy) is 2. The summed E-state index contributed by atoms with van der Waals surface area (Å²) in [6.45, 7) is 2.66. The minimum absolute atomic E-state index is 0.340. The zero-order valence-electron chi connectivity index (χ0n) is 13.9. The standard InChI is InChI=1S/C19H21NO3S/c1-13-5-3-4-6-15(13)11-23-19(21)17-12-24-18(20-17)14-7-9-16(22-2)10-8-14/h3-4,7-10,12-13,15H,5-6,11H2,1-2H3. The Morgan fingerprint density at radius 2 is 2.00 bits per heavy atom. The minimum atomic E-state index is -0.340. The van der Waals surface area contributed by atoms with Gasteiger partial charge in [-0.2, -0.15) is 0 Å². The van der Waals surface area contributed by atoms with Crippen molar-refractivity contribution in [2.75, 3.05) is 13.7 Å². The maximum absolute atomic E-state index is 12.2. The first-order chi connectivity index (χ1) is 11.7. The fourth-order valence-electron chi connectivity index (χ4n) is 2.73. The van der Waals surface area contributed by atoms with Gasteiger partial charge in [0.05, 0.1) is 13.7 Å². The van der Waals surface area contributed by atoms with Gasteiger partial charge in [0.1, 0.15) is 10.8 Å². The van der Waals surface area contributed by atoms with Gasteiger partial charge in [0.15, 0.2) is 5.69 Å². The molecule has 1 aliphatic carbocycles. The van der Waals surface area contributed by atoms with Crippen molar-refractivity contribution in [3.8, 4) is 16.3 Å². The SMILES string of the molecule is COc1ccc(-c2nc(C(=O)OCC3CC=CCC3C)cs2)cc1. The van der Waals surface area contributed by atoms with E-state index in [9.17, 15) is 4.79 Å². The first-order valence-corrected chi connectivity index (χ1v) is 8.97. The molecule has 126 valence electrons. The molecule has 1 aliphatic rings. The second-order valence-electron chi connectivity index (χ2n) is 6.05. The largest absolute Gasteiger partial charge is 0.497 e. The lowest BCUT2D eigenvalue weighted by atomic mass is 9.85. The van der Waals surface area contributed by atoms with Gasteiger partial charge in [-0.3, -0.25) is 0 Å². The number of hydrogen-bond donors (Lipinski definition) is 0. The van der Waals surface area contributed by atoms with Crippen LogP contribution in [-0.4, -0.2) is 24.7 Å². The Morgan fingerprint density at radius 1 is 1.25 bits per heavy atom. The van der Waals surface area contributed by atoms with Crippen LogP contribution in [0.15, 0.2) is 41.8 Å². The first-order valence-electron chi connectivity index (χ1n) is 8.09. The van der Waals surface area contributed by atoms with E-state index in [4.69, 9.17) is 9.47 Å². The molecule has 2 aromatic rings. The maximum atomic E-state index is 12.2. The highest BCUT2D eigenvalue weighted by molar-refractivity contribution is 7.13. The number of thiazole rings is 1. The Balaban J connectivity index is 1.61. The van der Waals surface area contributed by atoms with Crippen LogP contribution < -0.4 is 4.74 Å². The van der Waals surface area contributed by atoms with Crippen LogP contribution in [-0.2, 0) is 4.74 Å². The lowest BCUT2D eigenvalue weighted by molar-refractivity contribution is 0.0389. The average molecular weight is 343 g/mol. The van der Waals surface area contributed by atoms with Crippen LogP contribution in [0.2, 0.25) is 0 Å². The third kappa shape index (κ3) is 3.85. The fraction of sp³-hybridized carbons (Fsp3) is 0.368. The van der Waals surface area contributed by atoms with E-state index in [2.05, 4.69) is 24.1 Å². The summed E-state index contributed by atoms with van der Waals surface area (Å²) >= 11 is 1.44. The maximum Gasteiger partial charge on any atom is 0.357 e. The van der Waals surface area contributed by atoms with Crippen molar-refractivity contribution in [3.05, 3.63) is 47.5 Å². The molecule has 1 aromatic heterocycles. The van der Waals surface area contributed by atoms with Gasteiger partial charge in [-0.05, 0) is 48.9 Å². The number of hydrogen-bond acceptors (Lipinski definition) is 5. The molecule has 1 aromatic carbocycles. The number of rotatable bonds is 5. The minimum Gasteiger partial charge on any atom is -0.497 e. The summed E-state index contributed by atoms with van der Waals surface area (Å²) in [5.41, 5.74) is 1.34. The van der Waals surface area contributed by atoms with Crippen molar-refractivity contribution in [3.63, 3.8) is 0 Å². The lowest BCUT2D eigenvalue weighted by Crippen LogP contribution is -2.21. The number of benzene rings is 1. The second kappa shape index (κ2) is 7.62. The van der Waals surface area contributed by atoms with Crippen molar-refractivity contribution in [1.29, 1.82) is 0 Å². The Hall–Kier alpha value is -2.14. The first kappa shape index (κ1) is 16.7. The molecule has 0 fully saturated rings. The molecule has 0 spiro atoms. The molecule has 0 saturated heterocycles. The highest BCUT2D eigenvalue weighted by Crippen LogP contribution is 2.27. The van der Waals surface area contributed by atoms with Crippen LogP contribution in [0.5, 0.6) is 5.75 Å². The lowest BCUT2D eigenvalue weighted by Gasteiger charge is -2.24. The molecule has 2 atom stereocenters. The third-order valence-corrected chi connectivity index (χ3v) is 5.29. The van der Waals surface area contributed by atoms with Crippen molar-refractivity contribution in [1.82, 2.24) is 4.98 Å². The monoisotopic (exact) mass is 343 g/mol. The number of methoxy groups -OCH3 is 1. The van der Waals surface area contributed by atoms with Crippen molar-refractivity contribution in [2.24, 2.45) is 11.8 Å². The topological polar surface area (TPSA) is 48.4 Å². The van der Waals surface area contributed by atoms with E-state index in [1.807, 2.05) is 24.3 Å². The molecule has 0 aliphatic heterocycles. The summed E-state index contributed by atoms with van der Waals surface area (Å²) < 4.78 is 10.6. The summed E-state index contributed by atoms with van der Waals surface area (Å²) in [7, 11) is 1.63. The van der Waals surface area contributed by atoms with Crippen LogP contribution in [0.1, 0.15) is 30.3 Å². The quantitative estimate of drug-likeness (QED) is 0.589. The Labute approximate surface area is 146 Å². The van der Waals surface area contributed by atoms with E-state index in [0.717, 1.165) is 29.2 Å². The van der Waals surface area contributed by atoms with E-state index >= 15 is 0 Å². The molecule has 1 heterocycles.